The first-order valence-electron chi connectivity index (χ1n) is 7.81. The SMILES string of the molecule is CCc1n[nH]c(C(=O)Nc2ccc3c(c2)CC[C@H](N)C3)c1C. The molecule has 1 atom stereocenters. The number of fused-ring (bicyclic) bond motifs is 1. The third-order valence-corrected chi connectivity index (χ3v) is 4.40. The van der Waals surface area contributed by atoms with E-state index in [1.807, 2.05) is 19.9 Å². The Hall–Kier alpha value is -2.14. The molecule has 0 unspecified atom stereocenters. The van der Waals surface area contributed by atoms with E-state index in [-0.39, 0.29) is 11.9 Å². The quantitative estimate of drug-likeness (QED) is 0.813. The van der Waals surface area contributed by atoms with E-state index in [4.69, 9.17) is 5.73 Å². The van der Waals surface area contributed by atoms with Crippen molar-refractivity contribution in [2.75, 3.05) is 5.32 Å². The summed E-state index contributed by atoms with van der Waals surface area (Å²) in [5.41, 5.74) is 11.8. The summed E-state index contributed by atoms with van der Waals surface area (Å²) in [5, 5.41) is 9.97. The van der Waals surface area contributed by atoms with Crippen molar-refractivity contribution in [1.29, 1.82) is 0 Å². The molecule has 0 spiro atoms. The van der Waals surface area contributed by atoms with Crippen molar-refractivity contribution in [1.82, 2.24) is 10.2 Å². The van der Waals surface area contributed by atoms with E-state index in [2.05, 4.69) is 27.6 Å². The maximum Gasteiger partial charge on any atom is 0.273 e. The first-order valence-corrected chi connectivity index (χ1v) is 7.81. The second-order valence-electron chi connectivity index (χ2n) is 5.96. The summed E-state index contributed by atoms with van der Waals surface area (Å²) >= 11 is 0. The Kier molecular flexibility index (Phi) is 3.98. The van der Waals surface area contributed by atoms with Crippen molar-refractivity contribution in [3.05, 3.63) is 46.3 Å². The normalized spacial score (nSPS) is 17.1. The van der Waals surface area contributed by atoms with Gasteiger partial charge in [0.1, 0.15) is 5.69 Å². The second-order valence-corrected chi connectivity index (χ2v) is 5.96. The van der Waals surface area contributed by atoms with Crippen LogP contribution in [0, 0.1) is 6.92 Å². The zero-order valence-electron chi connectivity index (χ0n) is 13.1. The maximum absolute atomic E-state index is 12.4. The van der Waals surface area contributed by atoms with Crippen LogP contribution in [-0.2, 0) is 19.3 Å². The number of benzene rings is 1. The molecule has 0 bridgehead atoms. The van der Waals surface area contributed by atoms with Gasteiger partial charge < -0.3 is 11.1 Å². The molecule has 1 aromatic heterocycles. The highest BCUT2D eigenvalue weighted by Gasteiger charge is 2.18. The molecule has 1 aliphatic carbocycles. The van der Waals surface area contributed by atoms with Crippen molar-refractivity contribution in [2.45, 2.75) is 45.6 Å². The summed E-state index contributed by atoms with van der Waals surface area (Å²) in [6, 6.07) is 6.33. The molecule has 1 heterocycles. The monoisotopic (exact) mass is 298 g/mol. The van der Waals surface area contributed by atoms with Crippen LogP contribution in [0.5, 0.6) is 0 Å². The van der Waals surface area contributed by atoms with Crippen LogP contribution in [0.4, 0.5) is 5.69 Å². The highest BCUT2D eigenvalue weighted by Crippen LogP contribution is 2.24. The molecule has 2 aromatic rings. The number of amides is 1. The fourth-order valence-electron chi connectivity index (χ4n) is 3.06. The summed E-state index contributed by atoms with van der Waals surface area (Å²) in [6.07, 6.45) is 3.71. The van der Waals surface area contributed by atoms with Gasteiger partial charge in [0.05, 0.1) is 5.69 Å². The molecule has 116 valence electrons. The lowest BCUT2D eigenvalue weighted by Crippen LogP contribution is -2.27. The lowest BCUT2D eigenvalue weighted by Gasteiger charge is -2.22. The van der Waals surface area contributed by atoms with Gasteiger partial charge in [-0.25, -0.2) is 0 Å². The molecule has 22 heavy (non-hydrogen) atoms. The third-order valence-electron chi connectivity index (χ3n) is 4.40. The summed E-state index contributed by atoms with van der Waals surface area (Å²) in [6.45, 7) is 3.95. The van der Waals surface area contributed by atoms with Gasteiger partial charge in [-0.3, -0.25) is 9.89 Å². The average Bonchev–Trinajstić information content (AvgIpc) is 2.88. The van der Waals surface area contributed by atoms with E-state index >= 15 is 0 Å². The van der Waals surface area contributed by atoms with Crippen molar-refractivity contribution in [2.24, 2.45) is 5.73 Å². The van der Waals surface area contributed by atoms with E-state index in [0.717, 1.165) is 42.6 Å². The summed E-state index contributed by atoms with van der Waals surface area (Å²) in [4.78, 5) is 12.4. The van der Waals surface area contributed by atoms with Crippen LogP contribution in [0.25, 0.3) is 0 Å². The number of anilines is 1. The first kappa shape index (κ1) is 14.8. The Bertz CT molecular complexity index is 705. The molecule has 0 aliphatic heterocycles. The van der Waals surface area contributed by atoms with Crippen LogP contribution >= 0.6 is 0 Å². The molecular formula is C17H22N4O. The maximum atomic E-state index is 12.4. The molecule has 5 nitrogen and oxygen atoms in total. The van der Waals surface area contributed by atoms with E-state index < -0.39 is 0 Å². The number of carbonyl (C=O) groups excluding carboxylic acids is 1. The van der Waals surface area contributed by atoms with Crippen molar-refractivity contribution >= 4 is 11.6 Å². The third kappa shape index (κ3) is 2.76. The van der Waals surface area contributed by atoms with Gasteiger partial charge >= 0.3 is 0 Å². The molecule has 1 aromatic carbocycles. The Morgan fingerprint density at radius 1 is 1.45 bits per heavy atom. The van der Waals surface area contributed by atoms with E-state index in [1.54, 1.807) is 0 Å². The lowest BCUT2D eigenvalue weighted by atomic mass is 9.88. The molecular weight excluding hydrogens is 276 g/mol. The molecule has 0 saturated carbocycles. The number of nitrogens with two attached hydrogens (primary N) is 1. The number of hydrogen-bond donors (Lipinski definition) is 3. The van der Waals surface area contributed by atoms with E-state index in [9.17, 15) is 4.79 Å². The molecule has 4 N–H and O–H groups in total. The van der Waals surface area contributed by atoms with Crippen LogP contribution in [0.2, 0.25) is 0 Å². The zero-order valence-corrected chi connectivity index (χ0v) is 13.1. The number of H-pyrrole nitrogens is 1. The van der Waals surface area contributed by atoms with E-state index in [1.165, 1.54) is 11.1 Å². The minimum Gasteiger partial charge on any atom is -0.327 e. The van der Waals surface area contributed by atoms with Crippen molar-refractivity contribution in [3.63, 3.8) is 0 Å². The standard InChI is InChI=1S/C17H22N4O/c1-3-15-10(2)16(21-20-15)17(22)19-14-7-5-11-8-13(18)6-4-12(11)9-14/h5,7,9,13H,3-4,6,8,18H2,1-2H3,(H,19,22)(H,20,21)/t13-/m0/s1. The number of carbonyl (C=O) groups is 1. The molecule has 0 fully saturated rings. The second kappa shape index (κ2) is 5.93. The summed E-state index contributed by atoms with van der Waals surface area (Å²) in [5.74, 6) is -0.142. The minimum atomic E-state index is -0.142. The number of nitrogens with one attached hydrogen (secondary N) is 2. The zero-order chi connectivity index (χ0) is 15.7. The molecule has 1 aliphatic rings. The molecule has 3 rings (SSSR count). The number of hydrogen-bond acceptors (Lipinski definition) is 3. The van der Waals surface area contributed by atoms with Gasteiger partial charge in [0.2, 0.25) is 0 Å². The molecule has 0 radical (unpaired) electrons. The van der Waals surface area contributed by atoms with E-state index in [0.29, 0.717) is 5.69 Å². The molecule has 0 saturated heterocycles. The summed E-state index contributed by atoms with van der Waals surface area (Å²) < 4.78 is 0. The summed E-state index contributed by atoms with van der Waals surface area (Å²) in [7, 11) is 0. The number of aromatic amines is 1. The van der Waals surface area contributed by atoms with Gasteiger partial charge in [-0.05, 0) is 55.9 Å². The first-order chi connectivity index (χ1) is 10.6. The minimum absolute atomic E-state index is 0.142. The predicted octanol–water partition coefficient (Wildman–Crippen LogP) is 2.35. The fourth-order valence-corrected chi connectivity index (χ4v) is 3.06. The highest BCUT2D eigenvalue weighted by atomic mass is 16.1. The van der Waals surface area contributed by atoms with Gasteiger partial charge in [-0.15, -0.1) is 0 Å². The van der Waals surface area contributed by atoms with Crippen molar-refractivity contribution < 1.29 is 4.79 Å². The van der Waals surface area contributed by atoms with Crippen LogP contribution in [0.1, 0.15) is 46.2 Å². The average molecular weight is 298 g/mol. The Balaban J connectivity index is 1.78. The number of aromatic nitrogens is 2. The van der Waals surface area contributed by atoms with Gasteiger partial charge in [0.15, 0.2) is 0 Å². The Labute approximate surface area is 130 Å². The van der Waals surface area contributed by atoms with Crippen LogP contribution < -0.4 is 11.1 Å². The number of aryl methyl sites for hydroxylation is 2. The predicted molar refractivity (Wildman–Crippen MR) is 87.1 cm³/mol. The van der Waals surface area contributed by atoms with Gasteiger partial charge in [-0.1, -0.05) is 13.0 Å². The number of nitrogens with zero attached hydrogens (tertiary/aromatic N) is 1. The van der Waals surface area contributed by atoms with Gasteiger partial charge in [0.25, 0.3) is 5.91 Å². The fraction of sp³-hybridized carbons (Fsp3) is 0.412. The van der Waals surface area contributed by atoms with Crippen molar-refractivity contribution in [3.8, 4) is 0 Å². The lowest BCUT2D eigenvalue weighted by molar-refractivity contribution is 0.102. The largest absolute Gasteiger partial charge is 0.327 e. The molecule has 1 amide bonds. The highest BCUT2D eigenvalue weighted by molar-refractivity contribution is 6.04. The topological polar surface area (TPSA) is 83.8 Å². The Morgan fingerprint density at radius 2 is 2.27 bits per heavy atom. The molecule has 5 heteroatoms. The van der Waals surface area contributed by atoms with Crippen LogP contribution in [0.3, 0.4) is 0 Å². The number of rotatable bonds is 3. The van der Waals surface area contributed by atoms with Gasteiger partial charge in [-0.2, -0.15) is 5.10 Å². The van der Waals surface area contributed by atoms with Crippen LogP contribution in [0.15, 0.2) is 18.2 Å². The Morgan fingerprint density at radius 3 is 3.00 bits per heavy atom. The van der Waals surface area contributed by atoms with Gasteiger partial charge in [0, 0.05) is 17.3 Å². The smallest absolute Gasteiger partial charge is 0.273 e. The van der Waals surface area contributed by atoms with Crippen LogP contribution in [-0.4, -0.2) is 22.1 Å².